The first-order valence-corrected chi connectivity index (χ1v) is 10.0. The van der Waals surface area contributed by atoms with Crippen LogP contribution < -0.4 is 10.1 Å². The molecule has 1 saturated carbocycles. The molecule has 1 N–H and O–H groups in total. The van der Waals surface area contributed by atoms with Crippen LogP contribution in [-0.4, -0.2) is 37.8 Å². The van der Waals surface area contributed by atoms with Crippen LogP contribution in [-0.2, 0) is 4.79 Å². The lowest BCUT2D eigenvalue weighted by molar-refractivity contribution is -0.128. The molecule has 1 aliphatic carbocycles. The normalized spacial score (nSPS) is 20.0. The third-order valence-corrected chi connectivity index (χ3v) is 5.30. The van der Waals surface area contributed by atoms with E-state index in [2.05, 4.69) is 20.4 Å². The molecule has 0 aliphatic heterocycles. The summed E-state index contributed by atoms with van der Waals surface area (Å²) in [6.45, 7) is 1.78. The largest absolute Gasteiger partial charge is 0.481 e. The Hall–Kier alpha value is -3.22. The van der Waals surface area contributed by atoms with Crippen LogP contribution in [0.3, 0.4) is 0 Å². The molecule has 0 radical (unpaired) electrons. The Morgan fingerprint density at radius 3 is 2.66 bits per heavy atom. The molecule has 1 unspecified atom stereocenters. The van der Waals surface area contributed by atoms with Crippen LogP contribution in [0.25, 0.3) is 11.3 Å². The van der Waals surface area contributed by atoms with Gasteiger partial charge in [0.2, 0.25) is 0 Å². The number of aromatic nitrogens is 4. The number of ether oxygens (including phenoxy) is 1. The molecular formula is C22H25N5O2. The van der Waals surface area contributed by atoms with E-state index in [0.29, 0.717) is 11.8 Å². The smallest absolute Gasteiger partial charge is 0.260 e. The highest BCUT2D eigenvalue weighted by atomic mass is 16.5. The summed E-state index contributed by atoms with van der Waals surface area (Å²) in [5, 5.41) is 7.65. The standard InChI is InChI=1S/C22H25N5O2/c1-16(29-20-5-3-2-4-6-20)22(28)26-18-7-9-19(10-8-18)27-15-17(13-25-27)21-14-23-11-12-24-21/h2-6,11-16,18-19H,7-10H2,1H3,(H,26,28). The van der Waals surface area contributed by atoms with Gasteiger partial charge in [0.15, 0.2) is 6.10 Å². The van der Waals surface area contributed by atoms with Crippen molar-refractivity contribution in [3.8, 4) is 17.0 Å². The number of carbonyl (C=O) groups is 1. The van der Waals surface area contributed by atoms with Gasteiger partial charge >= 0.3 is 0 Å². The van der Waals surface area contributed by atoms with Gasteiger partial charge in [-0.2, -0.15) is 5.10 Å². The number of para-hydroxylation sites is 1. The van der Waals surface area contributed by atoms with Crippen LogP contribution in [0.4, 0.5) is 0 Å². The van der Waals surface area contributed by atoms with Crippen molar-refractivity contribution < 1.29 is 9.53 Å². The Bertz CT molecular complexity index is 921. The number of hydrogen-bond donors (Lipinski definition) is 1. The maximum atomic E-state index is 12.5. The SMILES string of the molecule is CC(Oc1ccccc1)C(=O)NC1CCC(n2cc(-c3cnccn3)cn2)CC1. The molecule has 1 fully saturated rings. The molecule has 150 valence electrons. The summed E-state index contributed by atoms with van der Waals surface area (Å²) >= 11 is 0. The Balaban J connectivity index is 1.27. The summed E-state index contributed by atoms with van der Waals surface area (Å²) in [6.07, 6.45) is 12.2. The molecule has 2 heterocycles. The van der Waals surface area contributed by atoms with Gasteiger partial charge in [-0.05, 0) is 44.7 Å². The molecule has 1 amide bonds. The molecule has 2 aromatic heterocycles. The predicted molar refractivity (Wildman–Crippen MR) is 109 cm³/mol. The second-order valence-electron chi connectivity index (χ2n) is 7.39. The summed E-state index contributed by atoms with van der Waals surface area (Å²) in [4.78, 5) is 20.9. The quantitative estimate of drug-likeness (QED) is 0.696. The first-order chi connectivity index (χ1) is 14.2. The van der Waals surface area contributed by atoms with E-state index in [9.17, 15) is 4.79 Å². The molecule has 7 heteroatoms. The lowest BCUT2D eigenvalue weighted by atomic mass is 9.91. The summed E-state index contributed by atoms with van der Waals surface area (Å²) in [7, 11) is 0. The van der Waals surface area contributed by atoms with Crippen LogP contribution in [0.2, 0.25) is 0 Å². The van der Waals surface area contributed by atoms with Gasteiger partial charge in [-0.3, -0.25) is 19.4 Å². The zero-order valence-corrected chi connectivity index (χ0v) is 16.4. The fraction of sp³-hybridized carbons (Fsp3) is 0.364. The van der Waals surface area contributed by atoms with Gasteiger partial charge in [0.1, 0.15) is 5.75 Å². The van der Waals surface area contributed by atoms with Gasteiger partial charge in [0, 0.05) is 30.2 Å². The molecular weight excluding hydrogens is 366 g/mol. The third kappa shape index (κ3) is 4.80. The topological polar surface area (TPSA) is 81.9 Å². The van der Waals surface area contributed by atoms with Crippen molar-refractivity contribution in [3.63, 3.8) is 0 Å². The molecule has 1 aliphatic rings. The fourth-order valence-corrected chi connectivity index (χ4v) is 3.68. The second-order valence-corrected chi connectivity index (χ2v) is 7.39. The number of amides is 1. The maximum absolute atomic E-state index is 12.5. The van der Waals surface area contributed by atoms with Crippen molar-refractivity contribution in [2.75, 3.05) is 0 Å². The third-order valence-electron chi connectivity index (χ3n) is 5.30. The van der Waals surface area contributed by atoms with Gasteiger partial charge in [0.05, 0.1) is 24.1 Å². The zero-order chi connectivity index (χ0) is 20.1. The Labute approximate surface area is 170 Å². The monoisotopic (exact) mass is 391 g/mol. The summed E-state index contributed by atoms with van der Waals surface area (Å²) in [5.41, 5.74) is 1.80. The van der Waals surface area contributed by atoms with Crippen LogP contribution in [0.15, 0.2) is 61.3 Å². The molecule has 0 saturated heterocycles. The van der Waals surface area contributed by atoms with Gasteiger partial charge in [-0.1, -0.05) is 18.2 Å². The number of benzene rings is 1. The summed E-state index contributed by atoms with van der Waals surface area (Å²) in [6, 6.07) is 9.94. The molecule has 7 nitrogen and oxygen atoms in total. The van der Waals surface area contributed by atoms with Crippen molar-refractivity contribution in [3.05, 3.63) is 61.3 Å². The van der Waals surface area contributed by atoms with Crippen LogP contribution in [0.1, 0.15) is 38.6 Å². The van der Waals surface area contributed by atoms with Crippen molar-refractivity contribution in [2.45, 2.75) is 50.8 Å². The van der Waals surface area contributed by atoms with Crippen molar-refractivity contribution in [2.24, 2.45) is 0 Å². The van der Waals surface area contributed by atoms with E-state index in [0.717, 1.165) is 36.9 Å². The Morgan fingerprint density at radius 1 is 1.14 bits per heavy atom. The molecule has 3 aromatic rings. The molecule has 1 aromatic carbocycles. The van der Waals surface area contributed by atoms with E-state index >= 15 is 0 Å². The molecule has 0 bridgehead atoms. The minimum absolute atomic E-state index is 0.0682. The fourth-order valence-electron chi connectivity index (χ4n) is 3.68. The lowest BCUT2D eigenvalue weighted by Gasteiger charge is -2.30. The number of nitrogens with one attached hydrogen (secondary N) is 1. The van der Waals surface area contributed by atoms with E-state index in [1.54, 1.807) is 25.5 Å². The molecule has 1 atom stereocenters. The lowest BCUT2D eigenvalue weighted by Crippen LogP contribution is -2.44. The number of carbonyl (C=O) groups excluding carboxylic acids is 1. The van der Waals surface area contributed by atoms with Crippen molar-refractivity contribution in [1.82, 2.24) is 25.1 Å². The van der Waals surface area contributed by atoms with E-state index < -0.39 is 6.10 Å². The average Bonchev–Trinajstić information content (AvgIpc) is 3.26. The highest BCUT2D eigenvalue weighted by Gasteiger charge is 2.26. The summed E-state index contributed by atoms with van der Waals surface area (Å²) < 4.78 is 7.73. The van der Waals surface area contributed by atoms with E-state index in [1.807, 2.05) is 47.4 Å². The van der Waals surface area contributed by atoms with Crippen molar-refractivity contribution >= 4 is 5.91 Å². The van der Waals surface area contributed by atoms with E-state index in [1.165, 1.54) is 0 Å². The predicted octanol–water partition coefficient (Wildman–Crippen LogP) is 3.41. The number of rotatable bonds is 6. The number of nitrogens with zero attached hydrogens (tertiary/aromatic N) is 4. The first-order valence-electron chi connectivity index (χ1n) is 10.0. The van der Waals surface area contributed by atoms with Gasteiger partial charge in [0.25, 0.3) is 5.91 Å². The van der Waals surface area contributed by atoms with Crippen LogP contribution >= 0.6 is 0 Å². The highest BCUT2D eigenvalue weighted by Crippen LogP contribution is 2.29. The second kappa shape index (κ2) is 8.86. The minimum atomic E-state index is -0.518. The Kier molecular flexibility index (Phi) is 5.84. The molecule has 29 heavy (non-hydrogen) atoms. The van der Waals surface area contributed by atoms with Gasteiger partial charge < -0.3 is 10.1 Å². The van der Waals surface area contributed by atoms with E-state index in [4.69, 9.17) is 4.74 Å². The maximum Gasteiger partial charge on any atom is 0.260 e. The zero-order valence-electron chi connectivity index (χ0n) is 16.4. The molecule has 0 spiro atoms. The van der Waals surface area contributed by atoms with Crippen LogP contribution in [0, 0.1) is 0 Å². The van der Waals surface area contributed by atoms with Gasteiger partial charge in [-0.15, -0.1) is 0 Å². The van der Waals surface area contributed by atoms with Crippen molar-refractivity contribution in [1.29, 1.82) is 0 Å². The Morgan fingerprint density at radius 2 is 1.93 bits per heavy atom. The summed E-state index contributed by atoms with van der Waals surface area (Å²) in [5.74, 6) is 0.637. The molecule has 4 rings (SSSR count). The van der Waals surface area contributed by atoms with Crippen LogP contribution in [0.5, 0.6) is 5.75 Å². The number of hydrogen-bond acceptors (Lipinski definition) is 5. The first kappa shape index (κ1) is 19.1. The van der Waals surface area contributed by atoms with E-state index in [-0.39, 0.29) is 11.9 Å². The minimum Gasteiger partial charge on any atom is -0.481 e. The van der Waals surface area contributed by atoms with Gasteiger partial charge in [-0.25, -0.2) is 0 Å². The average molecular weight is 391 g/mol. The highest BCUT2D eigenvalue weighted by molar-refractivity contribution is 5.81.